The van der Waals surface area contributed by atoms with Gasteiger partial charge in [-0.25, -0.2) is 0 Å². The van der Waals surface area contributed by atoms with Crippen molar-refractivity contribution < 1.29 is 10.2 Å². The van der Waals surface area contributed by atoms with Gasteiger partial charge >= 0.3 is 0 Å². The molecule has 2 fully saturated rings. The van der Waals surface area contributed by atoms with E-state index in [1.54, 1.807) is 6.07 Å². The molecule has 5 atom stereocenters. The van der Waals surface area contributed by atoms with Gasteiger partial charge in [0.25, 0.3) is 0 Å². The van der Waals surface area contributed by atoms with E-state index in [2.05, 4.69) is 28.0 Å². The number of thiocarbonyl (C=S) groups is 1. The second-order valence-corrected chi connectivity index (χ2v) is 7.40. The first kappa shape index (κ1) is 15.4. The summed E-state index contributed by atoms with van der Waals surface area (Å²) in [7, 11) is 0. The maximum Gasteiger partial charge on any atom is 0.187 e. The lowest BCUT2D eigenvalue weighted by molar-refractivity contribution is 0.246. The summed E-state index contributed by atoms with van der Waals surface area (Å²) in [4.78, 5) is 0. The first-order valence-corrected chi connectivity index (χ1v) is 8.81. The van der Waals surface area contributed by atoms with Gasteiger partial charge in [-0.05, 0) is 67.3 Å². The van der Waals surface area contributed by atoms with E-state index < -0.39 is 0 Å². The first-order valence-electron chi connectivity index (χ1n) is 8.40. The molecule has 0 radical (unpaired) electrons. The summed E-state index contributed by atoms with van der Waals surface area (Å²) in [5.74, 6) is 3.10. The molecule has 4 rings (SSSR count). The maximum absolute atomic E-state index is 9.71. The Hall–Kier alpha value is -2.08. The van der Waals surface area contributed by atoms with Crippen LogP contribution in [-0.2, 0) is 0 Å². The number of benzene rings is 1. The van der Waals surface area contributed by atoms with Crippen molar-refractivity contribution in [1.82, 2.24) is 10.7 Å². The highest BCUT2D eigenvalue weighted by Gasteiger charge is 2.52. The second-order valence-electron chi connectivity index (χ2n) is 6.99. The first-order chi connectivity index (χ1) is 11.6. The van der Waals surface area contributed by atoms with Gasteiger partial charge in [-0.3, -0.25) is 5.43 Å². The third-order valence-corrected chi connectivity index (χ3v) is 5.92. The minimum atomic E-state index is -0.0217. The molecule has 126 valence electrons. The molecule has 4 N–H and O–H groups in total. The van der Waals surface area contributed by atoms with Gasteiger partial charge in [0, 0.05) is 17.7 Å². The van der Waals surface area contributed by atoms with Crippen molar-refractivity contribution in [2.45, 2.75) is 25.3 Å². The quantitative estimate of drug-likeness (QED) is 0.294. The molecule has 24 heavy (non-hydrogen) atoms. The number of phenolic OH excluding ortho intramolecular Hbond substituents is 2. The van der Waals surface area contributed by atoms with E-state index in [9.17, 15) is 10.2 Å². The number of fused-ring (bicyclic) bond motifs is 5. The van der Waals surface area contributed by atoms with Crippen molar-refractivity contribution in [2.75, 3.05) is 0 Å². The second kappa shape index (κ2) is 6.09. The Morgan fingerprint density at radius 3 is 2.96 bits per heavy atom. The predicted molar refractivity (Wildman–Crippen MR) is 97.0 cm³/mol. The van der Waals surface area contributed by atoms with Crippen molar-refractivity contribution in [3.63, 3.8) is 0 Å². The van der Waals surface area contributed by atoms with E-state index in [1.807, 2.05) is 0 Å². The van der Waals surface area contributed by atoms with E-state index in [0.717, 1.165) is 17.8 Å². The van der Waals surface area contributed by atoms with Crippen LogP contribution in [0.2, 0.25) is 0 Å². The van der Waals surface area contributed by atoms with Crippen molar-refractivity contribution in [2.24, 2.45) is 28.8 Å². The zero-order valence-corrected chi connectivity index (χ0v) is 14.0. The van der Waals surface area contributed by atoms with Crippen LogP contribution in [0, 0.1) is 23.7 Å². The van der Waals surface area contributed by atoms with E-state index in [4.69, 9.17) is 12.2 Å². The normalized spacial score (nSPS) is 33.1. The Kier molecular flexibility index (Phi) is 3.92. The molecule has 0 heterocycles. The largest absolute Gasteiger partial charge is 0.508 e. The molecule has 3 aliphatic carbocycles. The number of rotatable bonds is 3. The van der Waals surface area contributed by atoms with Gasteiger partial charge in [-0.15, -0.1) is 0 Å². The smallest absolute Gasteiger partial charge is 0.187 e. The van der Waals surface area contributed by atoms with E-state index in [-0.39, 0.29) is 11.5 Å². The topological polar surface area (TPSA) is 76.9 Å². The summed E-state index contributed by atoms with van der Waals surface area (Å²) in [6.07, 6.45) is 9.97. The molecule has 0 aliphatic heterocycles. The number of phenols is 2. The van der Waals surface area contributed by atoms with Crippen molar-refractivity contribution in [3.05, 3.63) is 35.9 Å². The highest BCUT2D eigenvalue weighted by molar-refractivity contribution is 7.80. The fourth-order valence-corrected chi connectivity index (χ4v) is 4.92. The number of hydrogen-bond acceptors (Lipinski definition) is 4. The molecule has 1 aromatic rings. The molecule has 0 amide bonds. The minimum Gasteiger partial charge on any atom is -0.508 e. The Labute approximate surface area is 146 Å². The molecule has 2 saturated carbocycles. The third-order valence-electron chi connectivity index (χ3n) is 5.71. The number of hydrogen-bond donors (Lipinski definition) is 4. The van der Waals surface area contributed by atoms with E-state index in [1.165, 1.54) is 37.6 Å². The van der Waals surface area contributed by atoms with Crippen LogP contribution in [0.5, 0.6) is 11.5 Å². The van der Waals surface area contributed by atoms with Crippen LogP contribution >= 0.6 is 12.2 Å². The van der Waals surface area contributed by atoms with Crippen LogP contribution in [0.4, 0.5) is 0 Å². The van der Waals surface area contributed by atoms with Crippen molar-refractivity contribution in [1.29, 1.82) is 0 Å². The molecule has 6 heteroatoms. The summed E-state index contributed by atoms with van der Waals surface area (Å²) < 4.78 is 0. The Balaban J connectivity index is 1.31. The van der Waals surface area contributed by atoms with Crippen LogP contribution in [-0.4, -0.2) is 27.6 Å². The van der Waals surface area contributed by atoms with Crippen LogP contribution in [0.3, 0.4) is 0 Å². The molecule has 0 saturated heterocycles. The lowest BCUT2D eigenvalue weighted by Crippen LogP contribution is -2.45. The zero-order valence-electron chi connectivity index (χ0n) is 13.2. The predicted octanol–water partition coefficient (Wildman–Crippen LogP) is 2.50. The van der Waals surface area contributed by atoms with Crippen LogP contribution in [0.1, 0.15) is 24.8 Å². The molecule has 1 aromatic carbocycles. The molecule has 5 unspecified atom stereocenters. The molecule has 3 aliphatic rings. The SMILES string of the molecule is Oc1ccc(/C=N/NC(=S)NC2CC3CC2C2C=CCC32)c(O)c1. The Morgan fingerprint density at radius 1 is 1.25 bits per heavy atom. The summed E-state index contributed by atoms with van der Waals surface area (Å²) in [5, 5.41) is 27.0. The highest BCUT2D eigenvalue weighted by atomic mass is 32.1. The average Bonchev–Trinajstić information content (AvgIpc) is 3.21. The fraction of sp³-hybridized carbons (Fsp3) is 0.444. The summed E-state index contributed by atoms with van der Waals surface area (Å²) in [6, 6.07) is 4.79. The maximum atomic E-state index is 9.71. The molecular formula is C18H21N3O2S. The standard InChI is InChI=1S/C18H21N3O2S/c22-12-5-4-10(17(23)8-12)9-19-21-18(24)20-16-7-11-6-15(16)14-3-1-2-13(11)14/h1,3-5,8-9,11,13-16,22-23H,2,6-7H2,(H2,20,21,24)/b19-9+. The van der Waals surface area contributed by atoms with Crippen molar-refractivity contribution >= 4 is 23.5 Å². The molecule has 2 bridgehead atoms. The summed E-state index contributed by atoms with van der Waals surface area (Å²) in [6.45, 7) is 0. The number of hydrazone groups is 1. The van der Waals surface area contributed by atoms with Gasteiger partial charge in [-0.1, -0.05) is 12.2 Å². The van der Waals surface area contributed by atoms with Crippen LogP contribution in [0.25, 0.3) is 0 Å². The fourth-order valence-electron chi connectivity index (χ4n) is 4.71. The third kappa shape index (κ3) is 2.75. The van der Waals surface area contributed by atoms with Crippen LogP contribution < -0.4 is 10.7 Å². The number of nitrogens with zero attached hydrogens (tertiary/aromatic N) is 1. The monoisotopic (exact) mass is 343 g/mol. The average molecular weight is 343 g/mol. The van der Waals surface area contributed by atoms with E-state index >= 15 is 0 Å². The minimum absolute atomic E-state index is 0.0188. The van der Waals surface area contributed by atoms with E-state index in [0.29, 0.717) is 22.6 Å². The van der Waals surface area contributed by atoms with Gasteiger partial charge in [0.15, 0.2) is 5.11 Å². The summed E-state index contributed by atoms with van der Waals surface area (Å²) in [5.41, 5.74) is 3.33. The van der Waals surface area contributed by atoms with Gasteiger partial charge in [0.1, 0.15) is 11.5 Å². The molecule has 0 spiro atoms. The Morgan fingerprint density at radius 2 is 2.12 bits per heavy atom. The van der Waals surface area contributed by atoms with Crippen LogP contribution in [0.15, 0.2) is 35.5 Å². The zero-order chi connectivity index (χ0) is 16.7. The lowest BCUT2D eigenvalue weighted by Gasteiger charge is -2.32. The Bertz CT molecular complexity index is 718. The number of allylic oxidation sites excluding steroid dienone is 2. The summed E-state index contributed by atoms with van der Waals surface area (Å²) >= 11 is 5.34. The molecular weight excluding hydrogens is 322 g/mol. The highest BCUT2D eigenvalue weighted by Crippen LogP contribution is 2.56. The number of aromatic hydroxyl groups is 2. The van der Waals surface area contributed by atoms with Gasteiger partial charge in [0.2, 0.25) is 0 Å². The lowest BCUT2D eigenvalue weighted by atomic mass is 9.79. The molecule has 0 aromatic heterocycles. The van der Waals surface area contributed by atoms with Gasteiger partial charge < -0.3 is 15.5 Å². The number of nitrogens with one attached hydrogen (secondary N) is 2. The van der Waals surface area contributed by atoms with Gasteiger partial charge in [0.05, 0.1) is 6.21 Å². The van der Waals surface area contributed by atoms with Gasteiger partial charge in [-0.2, -0.15) is 5.10 Å². The molecule has 5 nitrogen and oxygen atoms in total. The van der Waals surface area contributed by atoms with Crippen molar-refractivity contribution in [3.8, 4) is 11.5 Å².